The third-order valence-electron chi connectivity index (χ3n) is 2.60. The maximum atomic E-state index is 10.8. The molecule has 3 nitrogen and oxygen atoms in total. The third kappa shape index (κ3) is 2.46. The zero-order valence-corrected chi connectivity index (χ0v) is 10.4. The van der Waals surface area contributed by atoms with E-state index in [0.29, 0.717) is 5.02 Å². The standard InChI is InChI=1S/C14H11ClO3/c1-18-11-4-2-3-9(7-11)12-6-5-10(14(16)17)8-13(12)15/h2-8H,1H3,(H,16,17). The van der Waals surface area contributed by atoms with Gasteiger partial charge in [-0.05, 0) is 29.8 Å². The van der Waals surface area contributed by atoms with Gasteiger partial charge in [-0.25, -0.2) is 4.79 Å². The summed E-state index contributed by atoms with van der Waals surface area (Å²) in [6.07, 6.45) is 0. The highest BCUT2D eigenvalue weighted by atomic mass is 35.5. The van der Waals surface area contributed by atoms with E-state index in [-0.39, 0.29) is 5.56 Å². The summed E-state index contributed by atoms with van der Waals surface area (Å²) in [7, 11) is 1.59. The summed E-state index contributed by atoms with van der Waals surface area (Å²) in [5, 5.41) is 9.28. The summed E-state index contributed by atoms with van der Waals surface area (Å²) in [5.74, 6) is -0.264. The van der Waals surface area contributed by atoms with Crippen molar-refractivity contribution < 1.29 is 14.6 Å². The summed E-state index contributed by atoms with van der Waals surface area (Å²) in [6.45, 7) is 0. The zero-order valence-electron chi connectivity index (χ0n) is 9.68. The molecule has 0 aliphatic heterocycles. The van der Waals surface area contributed by atoms with E-state index >= 15 is 0 Å². The second kappa shape index (κ2) is 5.10. The molecule has 0 spiro atoms. The lowest BCUT2D eigenvalue weighted by Crippen LogP contribution is -1.96. The summed E-state index contributed by atoms with van der Waals surface area (Å²) < 4.78 is 5.14. The van der Waals surface area contributed by atoms with Crippen molar-refractivity contribution in [3.8, 4) is 16.9 Å². The van der Waals surface area contributed by atoms with Crippen molar-refractivity contribution in [2.45, 2.75) is 0 Å². The molecule has 4 heteroatoms. The van der Waals surface area contributed by atoms with Crippen LogP contribution in [0, 0.1) is 0 Å². The number of methoxy groups -OCH3 is 1. The number of rotatable bonds is 3. The lowest BCUT2D eigenvalue weighted by atomic mass is 10.0. The minimum Gasteiger partial charge on any atom is -0.497 e. The maximum Gasteiger partial charge on any atom is 0.335 e. The monoisotopic (exact) mass is 262 g/mol. The Bertz CT molecular complexity index is 593. The molecule has 0 aliphatic carbocycles. The van der Waals surface area contributed by atoms with Gasteiger partial charge in [0.2, 0.25) is 0 Å². The van der Waals surface area contributed by atoms with Crippen molar-refractivity contribution in [3.63, 3.8) is 0 Å². The Hall–Kier alpha value is -2.00. The largest absolute Gasteiger partial charge is 0.497 e. The van der Waals surface area contributed by atoms with Gasteiger partial charge in [-0.1, -0.05) is 29.8 Å². The summed E-state index contributed by atoms with van der Waals surface area (Å²) in [4.78, 5) is 10.8. The van der Waals surface area contributed by atoms with Crippen molar-refractivity contribution in [1.82, 2.24) is 0 Å². The van der Waals surface area contributed by atoms with Gasteiger partial charge in [0.1, 0.15) is 5.75 Å². The van der Waals surface area contributed by atoms with Crippen LogP contribution in [0.1, 0.15) is 10.4 Å². The van der Waals surface area contributed by atoms with E-state index in [1.807, 2.05) is 24.3 Å². The Labute approximate surface area is 110 Å². The average molecular weight is 263 g/mol. The van der Waals surface area contributed by atoms with Crippen molar-refractivity contribution in [3.05, 3.63) is 53.1 Å². The van der Waals surface area contributed by atoms with Gasteiger partial charge in [-0.2, -0.15) is 0 Å². The number of hydrogen-bond donors (Lipinski definition) is 1. The predicted molar refractivity (Wildman–Crippen MR) is 70.4 cm³/mol. The van der Waals surface area contributed by atoms with E-state index < -0.39 is 5.97 Å². The maximum absolute atomic E-state index is 10.8. The highest BCUT2D eigenvalue weighted by molar-refractivity contribution is 6.33. The molecule has 0 fully saturated rings. The lowest BCUT2D eigenvalue weighted by Gasteiger charge is -2.07. The van der Waals surface area contributed by atoms with E-state index in [9.17, 15) is 4.79 Å². The normalized spacial score (nSPS) is 10.1. The number of aromatic carboxylic acids is 1. The Morgan fingerprint density at radius 3 is 2.61 bits per heavy atom. The molecule has 2 rings (SSSR count). The molecule has 1 N–H and O–H groups in total. The number of carboxylic acid groups (broad SMARTS) is 1. The van der Waals surface area contributed by atoms with Crippen LogP contribution in [0.15, 0.2) is 42.5 Å². The lowest BCUT2D eigenvalue weighted by molar-refractivity contribution is 0.0697. The smallest absolute Gasteiger partial charge is 0.335 e. The van der Waals surface area contributed by atoms with Gasteiger partial charge in [-0.3, -0.25) is 0 Å². The number of halogens is 1. The Balaban J connectivity index is 2.47. The van der Waals surface area contributed by atoms with Crippen LogP contribution >= 0.6 is 11.6 Å². The van der Waals surface area contributed by atoms with Crippen molar-refractivity contribution in [2.75, 3.05) is 7.11 Å². The predicted octanol–water partition coefficient (Wildman–Crippen LogP) is 3.71. The van der Waals surface area contributed by atoms with Crippen molar-refractivity contribution in [1.29, 1.82) is 0 Å². The van der Waals surface area contributed by atoms with E-state index in [0.717, 1.165) is 16.9 Å². The van der Waals surface area contributed by atoms with Gasteiger partial charge < -0.3 is 9.84 Å². The Morgan fingerprint density at radius 1 is 1.22 bits per heavy atom. The first-order chi connectivity index (χ1) is 8.61. The molecule has 0 aromatic heterocycles. The quantitative estimate of drug-likeness (QED) is 0.917. The van der Waals surface area contributed by atoms with Crippen LogP contribution in [-0.2, 0) is 0 Å². The van der Waals surface area contributed by atoms with Crippen molar-refractivity contribution in [2.24, 2.45) is 0 Å². The second-order valence-corrected chi connectivity index (χ2v) is 4.14. The van der Waals surface area contributed by atoms with Gasteiger partial charge >= 0.3 is 5.97 Å². The molecule has 0 bridgehead atoms. The molecule has 0 amide bonds. The van der Waals surface area contributed by atoms with Gasteiger partial charge in [0.25, 0.3) is 0 Å². The van der Waals surface area contributed by atoms with Crippen LogP contribution in [0.25, 0.3) is 11.1 Å². The van der Waals surface area contributed by atoms with Gasteiger partial charge in [-0.15, -0.1) is 0 Å². The molecule has 2 aromatic carbocycles. The summed E-state index contributed by atoms with van der Waals surface area (Å²) >= 11 is 6.10. The average Bonchev–Trinajstić information content (AvgIpc) is 2.38. The number of ether oxygens (including phenoxy) is 1. The van der Waals surface area contributed by atoms with E-state index in [2.05, 4.69) is 0 Å². The number of carboxylic acids is 1. The molecule has 0 aliphatic rings. The fourth-order valence-corrected chi connectivity index (χ4v) is 1.96. The van der Waals surface area contributed by atoms with E-state index in [1.54, 1.807) is 13.2 Å². The van der Waals surface area contributed by atoms with Gasteiger partial charge in [0.05, 0.1) is 12.7 Å². The first-order valence-electron chi connectivity index (χ1n) is 5.29. The molecule has 18 heavy (non-hydrogen) atoms. The molecule has 0 saturated heterocycles. The van der Waals surface area contributed by atoms with Crippen LogP contribution in [0.5, 0.6) is 5.75 Å². The second-order valence-electron chi connectivity index (χ2n) is 3.73. The topological polar surface area (TPSA) is 46.5 Å². The molecule has 0 unspecified atom stereocenters. The highest BCUT2D eigenvalue weighted by Crippen LogP contribution is 2.30. The molecule has 0 radical (unpaired) electrons. The molecular weight excluding hydrogens is 252 g/mol. The fourth-order valence-electron chi connectivity index (χ4n) is 1.67. The Kier molecular flexibility index (Phi) is 3.53. The molecule has 2 aromatic rings. The number of hydrogen-bond acceptors (Lipinski definition) is 2. The molecule has 92 valence electrons. The van der Waals surface area contributed by atoms with Crippen molar-refractivity contribution >= 4 is 17.6 Å². The van der Waals surface area contributed by atoms with E-state index in [4.69, 9.17) is 21.4 Å². The minimum atomic E-state index is -0.992. The first kappa shape index (κ1) is 12.5. The molecule has 0 atom stereocenters. The zero-order chi connectivity index (χ0) is 13.1. The van der Waals surface area contributed by atoms with Crippen LogP contribution in [0.2, 0.25) is 5.02 Å². The summed E-state index contributed by atoms with van der Waals surface area (Å²) in [5.41, 5.74) is 1.84. The Morgan fingerprint density at radius 2 is 2.00 bits per heavy atom. The molecule has 0 saturated carbocycles. The van der Waals surface area contributed by atoms with Crippen LogP contribution in [-0.4, -0.2) is 18.2 Å². The van der Waals surface area contributed by atoms with Gasteiger partial charge in [0.15, 0.2) is 0 Å². The molecular formula is C14H11ClO3. The van der Waals surface area contributed by atoms with Crippen LogP contribution in [0.3, 0.4) is 0 Å². The number of benzene rings is 2. The number of carbonyl (C=O) groups is 1. The minimum absolute atomic E-state index is 0.173. The highest BCUT2D eigenvalue weighted by Gasteiger charge is 2.09. The van der Waals surface area contributed by atoms with Crippen LogP contribution in [0.4, 0.5) is 0 Å². The molecule has 0 heterocycles. The SMILES string of the molecule is COc1cccc(-c2ccc(C(=O)O)cc2Cl)c1. The first-order valence-corrected chi connectivity index (χ1v) is 5.67. The van der Waals surface area contributed by atoms with Crippen LogP contribution < -0.4 is 4.74 Å². The fraction of sp³-hybridized carbons (Fsp3) is 0.0714. The summed E-state index contributed by atoms with van der Waals surface area (Å²) in [6, 6.07) is 12.1. The van der Waals surface area contributed by atoms with Gasteiger partial charge in [0, 0.05) is 10.6 Å². The third-order valence-corrected chi connectivity index (χ3v) is 2.91. The van der Waals surface area contributed by atoms with E-state index in [1.165, 1.54) is 12.1 Å².